The Kier molecular flexibility index (Phi) is 5.25. The smallest absolute Gasteiger partial charge is 0.153 e. The van der Waals surface area contributed by atoms with Crippen molar-refractivity contribution in [3.8, 4) is 11.8 Å². The lowest BCUT2D eigenvalue weighted by molar-refractivity contribution is 0.159. The van der Waals surface area contributed by atoms with E-state index in [0.717, 1.165) is 29.7 Å². The fourth-order valence-electron chi connectivity index (χ4n) is 6.04. The molecule has 2 saturated heterocycles. The third-order valence-electron chi connectivity index (χ3n) is 7.73. The SMILES string of the molecule is COc1ccc(N(C(C)C)C2Nc3cc(C#N)ccc32)c(F)c1C1CC2CCC(C1)N2C. The number of nitriles is 1. The molecule has 2 fully saturated rings. The molecule has 0 saturated carbocycles. The number of nitrogens with zero attached hydrogens (tertiary/aromatic N) is 3. The number of hydrogen-bond acceptors (Lipinski definition) is 5. The molecule has 5 nitrogen and oxygen atoms in total. The van der Waals surface area contributed by atoms with Gasteiger partial charge in [0.15, 0.2) is 5.82 Å². The molecule has 3 aliphatic heterocycles. The molecule has 5 rings (SSSR count). The molecule has 2 aromatic rings. The van der Waals surface area contributed by atoms with Crippen molar-refractivity contribution in [3.63, 3.8) is 0 Å². The molecule has 6 heteroatoms. The zero-order valence-electron chi connectivity index (χ0n) is 19.2. The van der Waals surface area contributed by atoms with Crippen LogP contribution in [-0.2, 0) is 0 Å². The first-order valence-electron chi connectivity index (χ1n) is 11.6. The average Bonchev–Trinajstić information content (AvgIpc) is 2.97. The second-order valence-corrected chi connectivity index (χ2v) is 9.70. The number of hydrogen-bond donors (Lipinski definition) is 1. The lowest BCUT2D eigenvalue weighted by atomic mass is 9.84. The van der Waals surface area contributed by atoms with E-state index in [1.54, 1.807) is 7.11 Å². The van der Waals surface area contributed by atoms with Gasteiger partial charge in [-0.15, -0.1) is 0 Å². The third kappa shape index (κ3) is 3.22. The van der Waals surface area contributed by atoms with Crippen LogP contribution >= 0.6 is 0 Å². The van der Waals surface area contributed by atoms with Crippen LogP contribution in [0.25, 0.3) is 0 Å². The van der Waals surface area contributed by atoms with Crippen LogP contribution in [0.3, 0.4) is 0 Å². The Labute approximate surface area is 189 Å². The zero-order chi connectivity index (χ0) is 22.6. The molecule has 3 heterocycles. The molecule has 32 heavy (non-hydrogen) atoms. The molecule has 3 aliphatic rings. The van der Waals surface area contributed by atoms with Gasteiger partial charge in [-0.3, -0.25) is 0 Å². The number of benzene rings is 2. The summed E-state index contributed by atoms with van der Waals surface area (Å²) >= 11 is 0. The quantitative estimate of drug-likeness (QED) is 0.684. The van der Waals surface area contributed by atoms with Crippen LogP contribution in [0.1, 0.15) is 68.3 Å². The Morgan fingerprint density at radius 3 is 2.50 bits per heavy atom. The summed E-state index contributed by atoms with van der Waals surface area (Å²) in [4.78, 5) is 4.59. The van der Waals surface area contributed by atoms with Gasteiger partial charge in [-0.1, -0.05) is 6.07 Å². The summed E-state index contributed by atoms with van der Waals surface area (Å²) in [6.07, 6.45) is 4.24. The van der Waals surface area contributed by atoms with Crippen molar-refractivity contribution in [3.05, 3.63) is 52.8 Å². The summed E-state index contributed by atoms with van der Waals surface area (Å²) in [6.45, 7) is 4.17. The lowest BCUT2D eigenvalue weighted by Crippen LogP contribution is -2.44. The molecular formula is C26H31FN4O. The number of rotatable bonds is 5. The van der Waals surface area contributed by atoms with E-state index >= 15 is 4.39 Å². The first-order valence-corrected chi connectivity index (χ1v) is 11.6. The minimum absolute atomic E-state index is 0.0840. The second kappa shape index (κ2) is 7.97. The Balaban J connectivity index is 1.52. The molecule has 0 radical (unpaired) electrons. The Morgan fingerprint density at radius 2 is 1.91 bits per heavy atom. The summed E-state index contributed by atoms with van der Waals surface area (Å²) in [5.74, 6) is 0.674. The highest BCUT2D eigenvalue weighted by molar-refractivity contribution is 5.70. The molecule has 1 N–H and O–H groups in total. The van der Waals surface area contributed by atoms with Crippen LogP contribution < -0.4 is 15.0 Å². The highest BCUT2D eigenvalue weighted by Crippen LogP contribution is 2.49. The molecule has 0 spiro atoms. The fourth-order valence-corrected chi connectivity index (χ4v) is 6.04. The van der Waals surface area contributed by atoms with Crippen molar-refractivity contribution in [1.29, 1.82) is 5.26 Å². The topological polar surface area (TPSA) is 51.5 Å². The maximum Gasteiger partial charge on any atom is 0.153 e. The van der Waals surface area contributed by atoms with E-state index in [0.29, 0.717) is 29.1 Å². The number of methoxy groups -OCH3 is 1. The summed E-state index contributed by atoms with van der Waals surface area (Å²) in [7, 11) is 3.85. The van der Waals surface area contributed by atoms with Crippen molar-refractivity contribution >= 4 is 11.4 Å². The van der Waals surface area contributed by atoms with E-state index in [-0.39, 0.29) is 23.9 Å². The lowest BCUT2D eigenvalue weighted by Gasteiger charge is -2.45. The van der Waals surface area contributed by atoms with Gasteiger partial charge in [0.2, 0.25) is 0 Å². The first-order chi connectivity index (χ1) is 15.4. The number of nitrogens with one attached hydrogen (secondary N) is 1. The molecule has 2 aromatic carbocycles. The third-order valence-corrected chi connectivity index (χ3v) is 7.73. The minimum Gasteiger partial charge on any atom is -0.496 e. The van der Waals surface area contributed by atoms with E-state index in [2.05, 4.69) is 42.1 Å². The number of fused-ring (bicyclic) bond motifs is 3. The van der Waals surface area contributed by atoms with Crippen LogP contribution in [0.4, 0.5) is 15.8 Å². The number of ether oxygens (including phenoxy) is 1. The van der Waals surface area contributed by atoms with E-state index in [9.17, 15) is 0 Å². The van der Waals surface area contributed by atoms with Gasteiger partial charge < -0.3 is 19.9 Å². The predicted molar refractivity (Wildman–Crippen MR) is 125 cm³/mol. The van der Waals surface area contributed by atoms with Gasteiger partial charge in [-0.2, -0.15) is 5.26 Å². The monoisotopic (exact) mass is 434 g/mol. The van der Waals surface area contributed by atoms with Crippen LogP contribution in [0.5, 0.6) is 5.75 Å². The number of piperidine rings is 1. The fraction of sp³-hybridized carbons (Fsp3) is 0.500. The van der Waals surface area contributed by atoms with Gasteiger partial charge in [0.1, 0.15) is 11.9 Å². The first kappa shape index (κ1) is 21.1. The van der Waals surface area contributed by atoms with Crippen LogP contribution in [0.2, 0.25) is 0 Å². The van der Waals surface area contributed by atoms with Gasteiger partial charge in [0.05, 0.1) is 24.4 Å². The van der Waals surface area contributed by atoms with Crippen LogP contribution in [-0.4, -0.2) is 37.2 Å². The molecule has 168 valence electrons. The second-order valence-electron chi connectivity index (χ2n) is 9.70. The Morgan fingerprint density at radius 1 is 1.19 bits per heavy atom. The molecule has 0 aromatic heterocycles. The summed E-state index contributed by atoms with van der Waals surface area (Å²) < 4.78 is 22.0. The van der Waals surface area contributed by atoms with Gasteiger partial charge in [0, 0.05) is 34.9 Å². The van der Waals surface area contributed by atoms with Gasteiger partial charge in [0.25, 0.3) is 0 Å². The number of anilines is 2. The summed E-state index contributed by atoms with van der Waals surface area (Å²) in [5, 5.41) is 12.6. The zero-order valence-corrected chi connectivity index (χ0v) is 19.2. The van der Waals surface area contributed by atoms with Gasteiger partial charge in [-0.25, -0.2) is 4.39 Å². The van der Waals surface area contributed by atoms with E-state index in [1.807, 2.05) is 30.3 Å². The maximum atomic E-state index is 16.3. The molecule has 3 atom stereocenters. The molecule has 2 bridgehead atoms. The summed E-state index contributed by atoms with van der Waals surface area (Å²) in [6, 6.07) is 12.8. The largest absolute Gasteiger partial charge is 0.496 e. The van der Waals surface area contributed by atoms with E-state index in [4.69, 9.17) is 10.00 Å². The van der Waals surface area contributed by atoms with Crippen molar-refractivity contribution in [2.75, 3.05) is 24.4 Å². The molecule has 0 amide bonds. The van der Waals surface area contributed by atoms with Crippen molar-refractivity contribution in [2.45, 2.75) is 69.7 Å². The number of halogens is 1. The van der Waals surface area contributed by atoms with Gasteiger partial charge >= 0.3 is 0 Å². The van der Waals surface area contributed by atoms with Gasteiger partial charge in [-0.05, 0) is 76.8 Å². The molecule has 0 aliphatic carbocycles. The standard InChI is InChI=1S/C26H31FN4O/c1-15(2)31(26-20-8-5-16(14-28)11-21(20)29-26)22-9-10-23(32-4)24(25(22)27)17-12-18-6-7-19(13-17)30(18)3/h5,8-11,15,17-19,26,29H,6-7,12-13H2,1-4H3. The summed E-state index contributed by atoms with van der Waals surface area (Å²) in [5.41, 5.74) is 4.00. The van der Waals surface area contributed by atoms with E-state index in [1.165, 1.54) is 12.8 Å². The van der Waals surface area contributed by atoms with Crippen LogP contribution in [0, 0.1) is 17.1 Å². The van der Waals surface area contributed by atoms with Crippen molar-refractivity contribution < 1.29 is 9.13 Å². The highest BCUT2D eigenvalue weighted by atomic mass is 19.1. The maximum absolute atomic E-state index is 16.3. The Hall–Kier alpha value is -2.78. The molecule has 3 unspecified atom stereocenters. The minimum atomic E-state index is -0.157. The predicted octanol–water partition coefficient (Wildman–Crippen LogP) is 5.39. The van der Waals surface area contributed by atoms with Crippen molar-refractivity contribution in [1.82, 2.24) is 4.90 Å². The Bertz CT molecular complexity index is 1060. The van der Waals surface area contributed by atoms with E-state index < -0.39 is 0 Å². The normalized spacial score (nSPS) is 26.2. The molecular weight excluding hydrogens is 403 g/mol. The average molecular weight is 435 g/mol. The van der Waals surface area contributed by atoms with Crippen molar-refractivity contribution in [2.24, 2.45) is 0 Å². The highest BCUT2D eigenvalue weighted by Gasteiger charge is 2.42. The van der Waals surface area contributed by atoms with Crippen LogP contribution in [0.15, 0.2) is 30.3 Å².